The lowest BCUT2D eigenvalue weighted by atomic mass is 9.73. The van der Waals surface area contributed by atoms with Gasteiger partial charge in [-0.15, -0.1) is 15.0 Å². The average Bonchev–Trinajstić information content (AvgIpc) is 3.32. The standard InChI is InChI=1S/C31H24N4/c1-31(2)24-13-5-7-15-29(24)34(30-16-8-6-14-25(30)31)22-18-19-26-27(20-22)33-35(32-26)28-17-9-11-21-10-3-4-12-23(21)28/h3-20H,1-2H3. The van der Waals surface area contributed by atoms with Crippen molar-refractivity contribution in [2.45, 2.75) is 19.3 Å². The van der Waals surface area contributed by atoms with E-state index in [2.05, 4.69) is 128 Å². The molecule has 0 N–H and O–H groups in total. The van der Waals surface area contributed by atoms with Crippen LogP contribution < -0.4 is 4.90 Å². The summed E-state index contributed by atoms with van der Waals surface area (Å²) in [6, 6.07) is 38.4. The molecule has 0 unspecified atom stereocenters. The Morgan fingerprint density at radius 2 is 1.17 bits per heavy atom. The fraction of sp³-hybridized carbons (Fsp3) is 0.0968. The first-order valence-electron chi connectivity index (χ1n) is 12.0. The monoisotopic (exact) mass is 452 g/mol. The molecule has 35 heavy (non-hydrogen) atoms. The summed E-state index contributed by atoms with van der Waals surface area (Å²) >= 11 is 0. The van der Waals surface area contributed by atoms with Gasteiger partial charge in [-0.1, -0.05) is 86.6 Å². The van der Waals surface area contributed by atoms with Crippen LogP contribution in [0, 0.1) is 0 Å². The molecule has 0 atom stereocenters. The lowest BCUT2D eigenvalue weighted by Crippen LogP contribution is -2.30. The second kappa shape index (κ2) is 7.28. The summed E-state index contributed by atoms with van der Waals surface area (Å²) in [5, 5.41) is 12.0. The molecule has 0 spiro atoms. The van der Waals surface area contributed by atoms with E-state index in [9.17, 15) is 0 Å². The molecule has 4 nitrogen and oxygen atoms in total. The van der Waals surface area contributed by atoms with Gasteiger partial charge in [-0.05, 0) is 52.9 Å². The van der Waals surface area contributed by atoms with Crippen molar-refractivity contribution >= 4 is 38.9 Å². The van der Waals surface area contributed by atoms with Gasteiger partial charge >= 0.3 is 0 Å². The van der Waals surface area contributed by atoms with E-state index in [0.29, 0.717) is 0 Å². The minimum atomic E-state index is -0.0781. The summed E-state index contributed by atoms with van der Waals surface area (Å²) in [6.07, 6.45) is 0. The first-order chi connectivity index (χ1) is 17.1. The number of nitrogens with zero attached hydrogens (tertiary/aromatic N) is 4. The molecule has 0 fully saturated rings. The molecule has 0 amide bonds. The minimum Gasteiger partial charge on any atom is -0.310 e. The molecular formula is C31H24N4. The van der Waals surface area contributed by atoms with Crippen LogP contribution in [-0.2, 0) is 5.41 Å². The Labute approximate surface area is 204 Å². The Balaban J connectivity index is 1.41. The average molecular weight is 453 g/mol. The number of fused-ring (bicyclic) bond motifs is 4. The molecule has 0 bridgehead atoms. The van der Waals surface area contributed by atoms with Crippen molar-refractivity contribution in [1.82, 2.24) is 15.0 Å². The van der Waals surface area contributed by atoms with E-state index in [-0.39, 0.29) is 5.41 Å². The summed E-state index contributed by atoms with van der Waals surface area (Å²) in [4.78, 5) is 4.12. The zero-order chi connectivity index (χ0) is 23.6. The fourth-order valence-corrected chi connectivity index (χ4v) is 5.48. The zero-order valence-electron chi connectivity index (χ0n) is 19.7. The van der Waals surface area contributed by atoms with Crippen molar-refractivity contribution in [1.29, 1.82) is 0 Å². The van der Waals surface area contributed by atoms with Crippen LogP contribution in [0.25, 0.3) is 27.5 Å². The van der Waals surface area contributed by atoms with E-state index in [1.807, 2.05) is 0 Å². The predicted octanol–water partition coefficient (Wildman–Crippen LogP) is 7.68. The molecule has 4 heteroatoms. The molecule has 0 saturated heterocycles. The number of anilines is 3. The number of benzene rings is 5. The van der Waals surface area contributed by atoms with Crippen molar-refractivity contribution < 1.29 is 0 Å². The summed E-state index contributed by atoms with van der Waals surface area (Å²) in [5.41, 5.74) is 8.78. The minimum absolute atomic E-state index is 0.0781. The van der Waals surface area contributed by atoms with E-state index >= 15 is 0 Å². The zero-order valence-corrected chi connectivity index (χ0v) is 19.7. The number of rotatable bonds is 2. The summed E-state index contributed by atoms with van der Waals surface area (Å²) in [7, 11) is 0. The van der Waals surface area contributed by atoms with E-state index in [1.54, 1.807) is 4.80 Å². The smallest absolute Gasteiger partial charge is 0.115 e. The first kappa shape index (κ1) is 20.0. The van der Waals surface area contributed by atoms with Gasteiger partial charge in [-0.2, -0.15) is 0 Å². The third-order valence-corrected chi connectivity index (χ3v) is 7.24. The SMILES string of the molecule is CC1(C)c2ccccc2N(c2ccc3nn(-c4cccc5ccccc45)nc3c2)c2ccccc21. The number of hydrogen-bond donors (Lipinski definition) is 0. The van der Waals surface area contributed by atoms with Gasteiger partial charge < -0.3 is 4.90 Å². The molecule has 0 radical (unpaired) electrons. The van der Waals surface area contributed by atoms with E-state index in [0.717, 1.165) is 27.8 Å². The van der Waals surface area contributed by atoms with Crippen LogP contribution in [-0.4, -0.2) is 15.0 Å². The van der Waals surface area contributed by atoms with E-state index in [1.165, 1.54) is 27.9 Å². The number of aromatic nitrogens is 3. The van der Waals surface area contributed by atoms with Gasteiger partial charge in [0, 0.05) is 16.5 Å². The highest BCUT2D eigenvalue weighted by atomic mass is 15.5. The van der Waals surface area contributed by atoms with Crippen LogP contribution in [0.15, 0.2) is 109 Å². The second-order valence-electron chi connectivity index (χ2n) is 9.66. The normalized spacial score (nSPS) is 14.2. The van der Waals surface area contributed by atoms with Crippen molar-refractivity contribution in [3.63, 3.8) is 0 Å². The lowest BCUT2D eigenvalue weighted by molar-refractivity contribution is 0.632. The first-order valence-corrected chi connectivity index (χ1v) is 12.0. The summed E-state index contributed by atoms with van der Waals surface area (Å²) in [5.74, 6) is 0. The van der Waals surface area contributed by atoms with Crippen molar-refractivity contribution in [2.24, 2.45) is 0 Å². The Morgan fingerprint density at radius 3 is 1.94 bits per heavy atom. The molecule has 6 aromatic rings. The highest BCUT2D eigenvalue weighted by Gasteiger charge is 2.36. The molecule has 1 aliphatic rings. The van der Waals surface area contributed by atoms with Crippen LogP contribution >= 0.6 is 0 Å². The van der Waals surface area contributed by atoms with Crippen molar-refractivity contribution in [3.8, 4) is 5.69 Å². The number of para-hydroxylation sites is 2. The molecule has 0 saturated carbocycles. The van der Waals surface area contributed by atoms with Crippen molar-refractivity contribution in [2.75, 3.05) is 4.90 Å². The maximum absolute atomic E-state index is 4.91. The molecule has 0 aliphatic carbocycles. The Hall–Kier alpha value is -4.44. The van der Waals surface area contributed by atoms with Crippen LogP contribution in [0.5, 0.6) is 0 Å². The molecule has 1 aromatic heterocycles. The molecule has 7 rings (SSSR count). The van der Waals surface area contributed by atoms with Gasteiger partial charge in [-0.25, -0.2) is 0 Å². The van der Waals surface area contributed by atoms with Crippen LogP contribution in [0.3, 0.4) is 0 Å². The van der Waals surface area contributed by atoms with Gasteiger partial charge in [0.2, 0.25) is 0 Å². The van der Waals surface area contributed by atoms with Gasteiger partial charge in [0.05, 0.1) is 17.1 Å². The van der Waals surface area contributed by atoms with Gasteiger partial charge in [0.1, 0.15) is 11.0 Å². The maximum atomic E-state index is 4.91. The Kier molecular flexibility index (Phi) is 4.15. The van der Waals surface area contributed by atoms with Gasteiger partial charge in [-0.3, -0.25) is 0 Å². The molecular weight excluding hydrogens is 428 g/mol. The maximum Gasteiger partial charge on any atom is 0.115 e. The van der Waals surface area contributed by atoms with Gasteiger partial charge in [0.25, 0.3) is 0 Å². The lowest BCUT2D eigenvalue weighted by Gasteiger charge is -2.41. The molecule has 1 aliphatic heterocycles. The molecule has 2 heterocycles. The van der Waals surface area contributed by atoms with E-state index in [4.69, 9.17) is 10.2 Å². The Bertz CT molecular complexity index is 1690. The van der Waals surface area contributed by atoms with Crippen molar-refractivity contribution in [3.05, 3.63) is 120 Å². The van der Waals surface area contributed by atoms with Crippen LogP contribution in [0.1, 0.15) is 25.0 Å². The highest BCUT2D eigenvalue weighted by molar-refractivity contribution is 5.91. The third kappa shape index (κ3) is 2.93. The fourth-order valence-electron chi connectivity index (χ4n) is 5.48. The topological polar surface area (TPSA) is 34.0 Å². The second-order valence-corrected chi connectivity index (χ2v) is 9.66. The Morgan fingerprint density at radius 1 is 0.571 bits per heavy atom. The van der Waals surface area contributed by atoms with Gasteiger partial charge in [0.15, 0.2) is 0 Å². The quantitative estimate of drug-likeness (QED) is 0.270. The third-order valence-electron chi connectivity index (χ3n) is 7.24. The highest BCUT2D eigenvalue weighted by Crippen LogP contribution is 2.51. The van der Waals surface area contributed by atoms with Crippen LogP contribution in [0.2, 0.25) is 0 Å². The largest absolute Gasteiger partial charge is 0.310 e. The number of hydrogen-bond acceptors (Lipinski definition) is 3. The summed E-state index contributed by atoms with van der Waals surface area (Å²) in [6.45, 7) is 4.61. The molecule has 5 aromatic carbocycles. The van der Waals surface area contributed by atoms with E-state index < -0.39 is 0 Å². The molecule has 168 valence electrons. The summed E-state index contributed by atoms with van der Waals surface area (Å²) < 4.78 is 0. The van der Waals surface area contributed by atoms with Crippen LogP contribution in [0.4, 0.5) is 17.1 Å². The predicted molar refractivity (Wildman–Crippen MR) is 143 cm³/mol.